The molecule has 0 saturated heterocycles. The quantitative estimate of drug-likeness (QED) is 0.0740. The summed E-state index contributed by atoms with van der Waals surface area (Å²) in [5, 5.41) is 20.1. The van der Waals surface area contributed by atoms with Crippen LogP contribution < -0.4 is 16.1 Å². The summed E-state index contributed by atoms with van der Waals surface area (Å²) in [6.07, 6.45) is 5.02. The van der Waals surface area contributed by atoms with Gasteiger partial charge in [-0.15, -0.1) is 0 Å². The number of carbonyl (C=O) groups excluding carboxylic acids is 2. The van der Waals surface area contributed by atoms with Crippen molar-refractivity contribution in [1.82, 2.24) is 20.6 Å². The Bertz CT molecular complexity index is 1610. The van der Waals surface area contributed by atoms with Gasteiger partial charge in [0.2, 0.25) is 6.41 Å². The van der Waals surface area contributed by atoms with E-state index in [1.165, 1.54) is 18.5 Å². The molecule has 0 atom stereocenters. The van der Waals surface area contributed by atoms with Gasteiger partial charge in [-0.3, -0.25) is 9.59 Å². The minimum absolute atomic E-state index is 0.167. The van der Waals surface area contributed by atoms with E-state index in [4.69, 9.17) is 4.74 Å². The topological polar surface area (TPSA) is 128 Å². The number of aliphatic hydroxyl groups is 1. The van der Waals surface area contributed by atoms with Crippen molar-refractivity contribution in [3.8, 4) is 11.1 Å². The molecular weight excluding hydrogens is 599 g/mol. The number of amides is 2. The molecule has 1 aromatic heterocycles. The second-order valence-corrected chi connectivity index (χ2v) is 12.1. The lowest BCUT2D eigenvalue weighted by Crippen LogP contribution is -2.31. The number of ether oxygens (including phenoxy) is 1. The number of likely N-dealkylation sites (N-methyl/N-ethyl adjacent to an activating group) is 1. The van der Waals surface area contributed by atoms with Gasteiger partial charge in [0.05, 0.1) is 25.0 Å². The van der Waals surface area contributed by atoms with E-state index in [0.717, 1.165) is 12.1 Å². The summed E-state index contributed by atoms with van der Waals surface area (Å²) in [6.45, 7) is 13.6. The normalized spacial score (nSPS) is 12.0. The van der Waals surface area contributed by atoms with Crippen LogP contribution in [-0.4, -0.2) is 73.9 Å². The number of rotatable bonds is 16. The van der Waals surface area contributed by atoms with Gasteiger partial charge in [-0.25, -0.2) is 14.8 Å². The van der Waals surface area contributed by atoms with E-state index in [9.17, 15) is 14.7 Å². The SMILES string of the molecule is C=C(/C=C(\CO)Nc1ccc(C(=O)NCCN(C)C)cn1)c1cccc(-c2c(F)cc(C(C)(C)C)cc2/C=N\NC=O)c1COCC. The van der Waals surface area contributed by atoms with E-state index in [2.05, 4.69) is 32.7 Å². The average molecular weight is 645 g/mol. The van der Waals surface area contributed by atoms with Crippen molar-refractivity contribution in [1.29, 1.82) is 0 Å². The predicted octanol–water partition coefficient (Wildman–Crippen LogP) is 5.09. The lowest BCUT2D eigenvalue weighted by molar-refractivity contribution is -0.109. The van der Waals surface area contributed by atoms with Crippen molar-refractivity contribution in [3.05, 3.63) is 101 Å². The van der Waals surface area contributed by atoms with Crippen molar-refractivity contribution in [3.63, 3.8) is 0 Å². The van der Waals surface area contributed by atoms with Gasteiger partial charge in [0.25, 0.3) is 5.91 Å². The molecule has 0 aliphatic heterocycles. The van der Waals surface area contributed by atoms with Crippen LogP contribution in [0.3, 0.4) is 0 Å². The number of nitrogens with one attached hydrogen (secondary N) is 3. The molecule has 2 aromatic carbocycles. The molecule has 11 heteroatoms. The van der Waals surface area contributed by atoms with E-state index >= 15 is 4.39 Å². The fraction of sp³-hybridized carbons (Fsp3) is 0.333. The van der Waals surface area contributed by atoms with E-state index in [1.807, 2.05) is 64.9 Å². The summed E-state index contributed by atoms with van der Waals surface area (Å²) in [5.41, 5.74) is 6.81. The highest BCUT2D eigenvalue weighted by atomic mass is 19.1. The number of anilines is 1. The summed E-state index contributed by atoms with van der Waals surface area (Å²) in [4.78, 5) is 29.6. The number of allylic oxidation sites excluding steroid dienone is 2. The van der Waals surface area contributed by atoms with Gasteiger partial charge in [-0.2, -0.15) is 5.10 Å². The monoisotopic (exact) mass is 644 g/mol. The molecule has 0 unspecified atom stereocenters. The molecule has 0 aliphatic carbocycles. The third kappa shape index (κ3) is 10.4. The number of aromatic nitrogens is 1. The van der Waals surface area contributed by atoms with Gasteiger partial charge in [-0.1, -0.05) is 45.5 Å². The van der Waals surface area contributed by atoms with E-state index < -0.39 is 5.82 Å². The molecule has 2 amide bonds. The molecule has 1 heterocycles. The van der Waals surface area contributed by atoms with Gasteiger partial charge in [-0.05, 0) is 84.6 Å². The fourth-order valence-electron chi connectivity index (χ4n) is 4.74. The number of carbonyl (C=O) groups is 2. The molecule has 0 radical (unpaired) electrons. The third-order valence-electron chi connectivity index (χ3n) is 7.24. The maximum Gasteiger partial charge on any atom is 0.252 e. The van der Waals surface area contributed by atoms with Crippen molar-refractivity contribution in [2.75, 3.05) is 45.7 Å². The van der Waals surface area contributed by atoms with Gasteiger partial charge in [0.15, 0.2) is 0 Å². The minimum Gasteiger partial charge on any atom is -0.390 e. The first-order valence-corrected chi connectivity index (χ1v) is 15.3. The van der Waals surface area contributed by atoms with E-state index in [1.54, 1.807) is 24.3 Å². The van der Waals surface area contributed by atoms with Crippen LogP contribution in [-0.2, 0) is 21.6 Å². The highest BCUT2D eigenvalue weighted by Gasteiger charge is 2.22. The molecule has 250 valence electrons. The maximum absolute atomic E-state index is 16.0. The Morgan fingerprint density at radius 1 is 1.19 bits per heavy atom. The Hall–Kier alpha value is -4.71. The first-order valence-electron chi connectivity index (χ1n) is 15.3. The number of aliphatic hydroxyl groups excluding tert-OH is 1. The molecule has 3 aromatic rings. The molecule has 10 nitrogen and oxygen atoms in total. The van der Waals surface area contributed by atoms with E-state index in [-0.39, 0.29) is 24.5 Å². The summed E-state index contributed by atoms with van der Waals surface area (Å²) in [5.74, 6) is -0.238. The average Bonchev–Trinajstić information content (AvgIpc) is 3.03. The van der Waals surface area contributed by atoms with Gasteiger partial charge in [0, 0.05) is 42.7 Å². The summed E-state index contributed by atoms with van der Waals surface area (Å²) in [7, 11) is 3.86. The molecule has 3 rings (SSSR count). The number of halogens is 1. The lowest BCUT2D eigenvalue weighted by Gasteiger charge is -2.23. The summed E-state index contributed by atoms with van der Waals surface area (Å²) < 4.78 is 21.9. The second kappa shape index (κ2) is 17.3. The molecule has 0 bridgehead atoms. The highest BCUT2D eigenvalue weighted by molar-refractivity contribution is 5.94. The van der Waals surface area contributed by atoms with Crippen LogP contribution in [0.5, 0.6) is 0 Å². The molecule has 0 saturated carbocycles. The van der Waals surface area contributed by atoms with Crippen LogP contribution in [0.4, 0.5) is 10.2 Å². The van der Waals surface area contributed by atoms with Crippen molar-refractivity contribution in [2.45, 2.75) is 39.7 Å². The van der Waals surface area contributed by atoms with Crippen LogP contribution in [0.15, 0.2) is 72.1 Å². The first kappa shape index (κ1) is 36.8. The van der Waals surface area contributed by atoms with Crippen LogP contribution in [0.25, 0.3) is 16.7 Å². The molecular formula is C36H45FN6O4. The largest absolute Gasteiger partial charge is 0.390 e. The number of pyridine rings is 1. The smallest absolute Gasteiger partial charge is 0.252 e. The predicted molar refractivity (Wildman–Crippen MR) is 186 cm³/mol. The molecule has 4 N–H and O–H groups in total. The van der Waals surface area contributed by atoms with Crippen LogP contribution in [0.1, 0.15) is 60.3 Å². The van der Waals surface area contributed by atoms with Gasteiger partial charge >= 0.3 is 0 Å². The Balaban J connectivity index is 2.00. The first-order chi connectivity index (χ1) is 22.4. The Kier molecular flexibility index (Phi) is 13.5. The van der Waals surface area contributed by atoms with Crippen LogP contribution >= 0.6 is 0 Å². The maximum atomic E-state index is 16.0. The Labute approximate surface area is 276 Å². The summed E-state index contributed by atoms with van der Waals surface area (Å²) in [6, 6.07) is 12.2. The van der Waals surface area contributed by atoms with E-state index in [0.29, 0.717) is 70.0 Å². The van der Waals surface area contributed by atoms with Crippen LogP contribution in [0, 0.1) is 5.82 Å². The molecule has 0 aliphatic rings. The van der Waals surface area contributed by atoms with Gasteiger partial charge in [0.1, 0.15) is 11.6 Å². The van der Waals surface area contributed by atoms with Gasteiger partial charge < -0.3 is 25.4 Å². The zero-order valence-corrected chi connectivity index (χ0v) is 28.0. The number of hydrogen-bond acceptors (Lipinski definition) is 8. The Morgan fingerprint density at radius 3 is 2.57 bits per heavy atom. The third-order valence-corrected chi connectivity index (χ3v) is 7.24. The van der Waals surface area contributed by atoms with Crippen LogP contribution in [0.2, 0.25) is 0 Å². The lowest BCUT2D eigenvalue weighted by atomic mass is 9.83. The zero-order chi connectivity index (χ0) is 34.6. The van der Waals surface area contributed by atoms with Crippen molar-refractivity contribution >= 4 is 29.9 Å². The number of hydrazone groups is 1. The fourth-order valence-corrected chi connectivity index (χ4v) is 4.74. The number of benzene rings is 2. The van der Waals surface area contributed by atoms with Crippen molar-refractivity contribution < 1.29 is 23.8 Å². The second-order valence-electron chi connectivity index (χ2n) is 12.1. The highest BCUT2D eigenvalue weighted by Crippen LogP contribution is 2.37. The summed E-state index contributed by atoms with van der Waals surface area (Å²) >= 11 is 0. The zero-order valence-electron chi connectivity index (χ0n) is 28.0. The molecule has 47 heavy (non-hydrogen) atoms. The number of nitrogens with zero attached hydrogens (tertiary/aromatic N) is 3. The standard InChI is InChI=1S/C36H45FN6O4/c1-8-47-22-31-29(10-9-11-30(31)34-26(20-40-41-23-45)17-27(18-32(34)37)36(3,4)5)24(2)16-28(21-44)42-33-13-12-25(19-39-33)35(46)38-14-15-43(6)7/h9-13,16-20,23,44H,2,8,14-15,21-22H2,1,3-7H3,(H,38,46)(H,39,42)(H,41,45)/b28-16+,40-20-. The Morgan fingerprint density at radius 2 is 1.96 bits per heavy atom. The molecule has 0 spiro atoms. The van der Waals surface area contributed by atoms with Crippen molar-refractivity contribution in [2.24, 2.45) is 5.10 Å². The molecule has 0 fully saturated rings. The number of hydrogen-bond donors (Lipinski definition) is 4. The minimum atomic E-state index is -0.445.